The molecule has 3 fully saturated rings. The first kappa shape index (κ1) is 15.6. The van der Waals surface area contributed by atoms with E-state index in [-0.39, 0.29) is 0 Å². The van der Waals surface area contributed by atoms with E-state index < -0.39 is 0 Å². The molecule has 3 heterocycles. The van der Waals surface area contributed by atoms with Gasteiger partial charge in [-0.15, -0.1) is 0 Å². The van der Waals surface area contributed by atoms with Crippen molar-refractivity contribution in [3.63, 3.8) is 0 Å². The van der Waals surface area contributed by atoms with Gasteiger partial charge in [-0.25, -0.2) is 0 Å². The molecular weight excluding hydrogens is 284 g/mol. The highest BCUT2D eigenvalue weighted by atomic mass is 15.3. The summed E-state index contributed by atoms with van der Waals surface area (Å²) in [6, 6.07) is 0.792. The Kier molecular flexibility index (Phi) is 4.46. The lowest BCUT2D eigenvalue weighted by Crippen LogP contribution is -2.43. The minimum absolute atomic E-state index is 0.792. The quantitative estimate of drug-likeness (QED) is 0.834. The van der Waals surface area contributed by atoms with Crippen molar-refractivity contribution >= 4 is 0 Å². The first-order chi connectivity index (χ1) is 11.2. The van der Waals surface area contributed by atoms with E-state index in [0.29, 0.717) is 0 Å². The van der Waals surface area contributed by atoms with Gasteiger partial charge in [0.05, 0.1) is 6.20 Å². The van der Waals surface area contributed by atoms with E-state index in [1.54, 1.807) is 0 Å². The number of nitrogens with zero attached hydrogens (tertiary/aromatic N) is 4. The number of likely N-dealkylation sites (tertiary alicyclic amines) is 2. The van der Waals surface area contributed by atoms with Crippen LogP contribution in [0, 0.1) is 5.92 Å². The molecule has 1 aliphatic carbocycles. The highest BCUT2D eigenvalue weighted by Gasteiger charge is 2.32. The predicted octanol–water partition coefficient (Wildman–Crippen LogP) is 2.99. The van der Waals surface area contributed by atoms with Crippen molar-refractivity contribution in [2.24, 2.45) is 13.0 Å². The molecule has 2 saturated heterocycles. The summed E-state index contributed by atoms with van der Waals surface area (Å²) in [4.78, 5) is 5.39. The Labute approximate surface area is 140 Å². The van der Waals surface area contributed by atoms with Crippen LogP contribution >= 0.6 is 0 Å². The summed E-state index contributed by atoms with van der Waals surface area (Å²) in [6.45, 7) is 8.79. The molecule has 1 saturated carbocycles. The van der Waals surface area contributed by atoms with Crippen molar-refractivity contribution < 1.29 is 0 Å². The number of aromatic nitrogens is 2. The molecule has 1 atom stereocenters. The smallest absolute Gasteiger partial charge is 0.0537 e. The summed E-state index contributed by atoms with van der Waals surface area (Å²) in [5, 5.41) is 4.52. The molecule has 0 unspecified atom stereocenters. The molecule has 0 spiro atoms. The molecule has 3 aliphatic rings. The van der Waals surface area contributed by atoms with Crippen LogP contribution in [0.1, 0.15) is 62.6 Å². The molecular formula is C19H32N4. The van der Waals surface area contributed by atoms with Crippen LogP contribution in [0.3, 0.4) is 0 Å². The summed E-state index contributed by atoms with van der Waals surface area (Å²) in [5.41, 5.74) is 3.00. The number of hydrogen-bond acceptors (Lipinski definition) is 3. The van der Waals surface area contributed by atoms with Gasteiger partial charge in [0, 0.05) is 36.8 Å². The fraction of sp³-hybridized carbons (Fsp3) is 0.842. The molecule has 4 heteroatoms. The predicted molar refractivity (Wildman–Crippen MR) is 93.5 cm³/mol. The average Bonchev–Trinajstić information content (AvgIpc) is 3.11. The highest BCUT2D eigenvalue weighted by molar-refractivity contribution is 5.25. The van der Waals surface area contributed by atoms with E-state index in [4.69, 9.17) is 0 Å². The molecule has 23 heavy (non-hydrogen) atoms. The van der Waals surface area contributed by atoms with Crippen LogP contribution < -0.4 is 0 Å². The van der Waals surface area contributed by atoms with Gasteiger partial charge in [-0.2, -0.15) is 5.10 Å². The Morgan fingerprint density at radius 3 is 2.43 bits per heavy atom. The zero-order valence-electron chi connectivity index (χ0n) is 14.9. The Bertz CT molecular complexity index is 519. The summed E-state index contributed by atoms with van der Waals surface area (Å²) < 4.78 is 2.12. The first-order valence-electron chi connectivity index (χ1n) is 9.69. The number of rotatable bonds is 5. The molecule has 1 aromatic heterocycles. The molecule has 4 nitrogen and oxygen atoms in total. The zero-order valence-corrected chi connectivity index (χ0v) is 14.9. The van der Waals surface area contributed by atoms with E-state index in [1.165, 1.54) is 76.0 Å². The van der Waals surface area contributed by atoms with Crippen LogP contribution in [0.15, 0.2) is 6.20 Å². The maximum absolute atomic E-state index is 4.52. The molecule has 0 aromatic carbocycles. The first-order valence-corrected chi connectivity index (χ1v) is 9.69. The maximum atomic E-state index is 4.52. The molecule has 2 aliphatic heterocycles. The lowest BCUT2D eigenvalue weighted by atomic mass is 9.89. The monoisotopic (exact) mass is 316 g/mol. The Morgan fingerprint density at radius 2 is 1.78 bits per heavy atom. The molecule has 0 radical (unpaired) electrons. The van der Waals surface area contributed by atoms with Crippen LogP contribution in [0.2, 0.25) is 0 Å². The highest BCUT2D eigenvalue weighted by Crippen LogP contribution is 2.41. The Hall–Kier alpha value is -0.870. The van der Waals surface area contributed by atoms with Crippen molar-refractivity contribution in [1.82, 2.24) is 19.6 Å². The van der Waals surface area contributed by atoms with Crippen molar-refractivity contribution in [2.75, 3.05) is 26.2 Å². The van der Waals surface area contributed by atoms with Crippen LogP contribution in [-0.2, 0) is 13.6 Å². The van der Waals surface area contributed by atoms with E-state index in [9.17, 15) is 0 Å². The standard InChI is InChI=1S/C19H32N4/c1-15(23-9-3-4-10-23)16-7-11-22(12-8-16)14-18-13-20-21(2)19(18)17-5-6-17/h13,15-17H,3-12,14H2,1-2H3/t15-/m1/s1. The Balaban J connectivity index is 1.31. The summed E-state index contributed by atoms with van der Waals surface area (Å²) >= 11 is 0. The average molecular weight is 316 g/mol. The van der Waals surface area contributed by atoms with Gasteiger partial charge >= 0.3 is 0 Å². The molecule has 0 N–H and O–H groups in total. The van der Waals surface area contributed by atoms with Gasteiger partial charge in [0.25, 0.3) is 0 Å². The second kappa shape index (κ2) is 6.56. The molecule has 0 bridgehead atoms. The van der Waals surface area contributed by atoms with Gasteiger partial charge in [0.1, 0.15) is 0 Å². The second-order valence-electron chi connectivity index (χ2n) is 8.05. The topological polar surface area (TPSA) is 24.3 Å². The summed E-state index contributed by atoms with van der Waals surface area (Å²) in [5.74, 6) is 1.70. The lowest BCUT2D eigenvalue weighted by Gasteiger charge is -2.38. The summed E-state index contributed by atoms with van der Waals surface area (Å²) in [6.07, 6.45) is 10.4. The largest absolute Gasteiger partial charge is 0.300 e. The van der Waals surface area contributed by atoms with Gasteiger partial charge in [0.2, 0.25) is 0 Å². The van der Waals surface area contributed by atoms with Crippen LogP contribution in [-0.4, -0.2) is 51.8 Å². The van der Waals surface area contributed by atoms with Crippen molar-refractivity contribution in [3.05, 3.63) is 17.5 Å². The van der Waals surface area contributed by atoms with E-state index in [1.807, 2.05) is 0 Å². The summed E-state index contributed by atoms with van der Waals surface area (Å²) in [7, 11) is 2.11. The van der Waals surface area contributed by atoms with Crippen LogP contribution in [0.4, 0.5) is 0 Å². The van der Waals surface area contributed by atoms with E-state index in [0.717, 1.165) is 24.4 Å². The number of hydrogen-bond donors (Lipinski definition) is 0. The molecule has 4 rings (SSSR count). The zero-order chi connectivity index (χ0) is 15.8. The Morgan fingerprint density at radius 1 is 1.09 bits per heavy atom. The van der Waals surface area contributed by atoms with Gasteiger partial charge in [-0.1, -0.05) is 0 Å². The van der Waals surface area contributed by atoms with Crippen molar-refractivity contribution in [2.45, 2.75) is 64.0 Å². The van der Waals surface area contributed by atoms with Crippen molar-refractivity contribution in [3.8, 4) is 0 Å². The van der Waals surface area contributed by atoms with E-state index >= 15 is 0 Å². The SMILES string of the molecule is C[C@H](C1CCN(Cc2cnn(C)c2C2CC2)CC1)N1CCCC1. The molecule has 1 aromatic rings. The minimum atomic E-state index is 0.792. The maximum Gasteiger partial charge on any atom is 0.0537 e. The van der Waals surface area contributed by atoms with Crippen LogP contribution in [0.5, 0.6) is 0 Å². The molecule has 0 amide bonds. The number of piperidine rings is 1. The molecule has 128 valence electrons. The van der Waals surface area contributed by atoms with Gasteiger partial charge in [-0.3, -0.25) is 9.58 Å². The normalized spacial score (nSPS) is 26.0. The second-order valence-corrected chi connectivity index (χ2v) is 8.05. The third-order valence-electron chi connectivity index (χ3n) is 6.45. The van der Waals surface area contributed by atoms with Gasteiger partial charge in [-0.05, 0) is 77.5 Å². The van der Waals surface area contributed by atoms with Crippen LogP contribution in [0.25, 0.3) is 0 Å². The fourth-order valence-electron chi connectivity index (χ4n) is 4.78. The van der Waals surface area contributed by atoms with Crippen molar-refractivity contribution in [1.29, 1.82) is 0 Å². The lowest BCUT2D eigenvalue weighted by molar-refractivity contribution is 0.107. The minimum Gasteiger partial charge on any atom is -0.300 e. The number of aryl methyl sites for hydroxylation is 1. The van der Waals surface area contributed by atoms with Gasteiger partial charge < -0.3 is 4.90 Å². The fourth-order valence-corrected chi connectivity index (χ4v) is 4.78. The van der Waals surface area contributed by atoms with Gasteiger partial charge in [0.15, 0.2) is 0 Å². The third-order valence-corrected chi connectivity index (χ3v) is 6.45. The van der Waals surface area contributed by atoms with E-state index in [2.05, 4.69) is 39.7 Å². The third kappa shape index (κ3) is 3.34.